The molecule has 1 aliphatic carbocycles. The van der Waals surface area contributed by atoms with E-state index in [1.807, 2.05) is 0 Å². The number of hydrogen-bond donors (Lipinski definition) is 2. The van der Waals surface area contributed by atoms with Gasteiger partial charge in [-0.05, 0) is 18.8 Å². The molecule has 3 unspecified atom stereocenters. The Bertz CT molecular complexity index is 217. The fourth-order valence-electron chi connectivity index (χ4n) is 2.79. The summed E-state index contributed by atoms with van der Waals surface area (Å²) in [5, 5.41) is 6.72. The summed E-state index contributed by atoms with van der Waals surface area (Å²) in [4.78, 5) is 0. The number of nitrogens with one attached hydrogen (secondary N) is 2. The van der Waals surface area contributed by atoms with Crippen LogP contribution in [0.4, 0.5) is 8.78 Å². The highest BCUT2D eigenvalue weighted by molar-refractivity contribution is 4.89. The molecule has 16 heavy (non-hydrogen) atoms. The van der Waals surface area contributed by atoms with Crippen molar-refractivity contribution in [1.82, 2.24) is 10.6 Å². The predicted octanol–water partition coefficient (Wildman–Crippen LogP) is 2.01. The highest BCUT2D eigenvalue weighted by Gasteiger charge is 2.37. The molecule has 2 rings (SSSR count). The van der Waals surface area contributed by atoms with Gasteiger partial charge in [0.15, 0.2) is 0 Å². The molecule has 0 bridgehead atoms. The standard InChI is InChI=1S/C12H22F2N2/c1-2-8-6-15-12(16-7-8)10-4-3-9(13)5-11(10)14/h8-12,15-16H,2-7H2,1H3. The van der Waals surface area contributed by atoms with Gasteiger partial charge in [-0.25, -0.2) is 8.78 Å². The Morgan fingerprint density at radius 2 is 1.81 bits per heavy atom. The molecule has 0 spiro atoms. The van der Waals surface area contributed by atoms with E-state index >= 15 is 0 Å². The van der Waals surface area contributed by atoms with E-state index in [4.69, 9.17) is 0 Å². The third kappa shape index (κ3) is 2.72. The normalized spacial score (nSPS) is 45.6. The minimum absolute atomic E-state index is 0.0466. The van der Waals surface area contributed by atoms with Gasteiger partial charge in [0.2, 0.25) is 0 Å². The first-order valence-corrected chi connectivity index (χ1v) is 6.45. The molecule has 1 heterocycles. The van der Waals surface area contributed by atoms with Gasteiger partial charge in [0.1, 0.15) is 12.3 Å². The molecule has 0 aromatic rings. The maximum absolute atomic E-state index is 13.7. The zero-order valence-electron chi connectivity index (χ0n) is 9.89. The van der Waals surface area contributed by atoms with Crippen LogP contribution in [0.25, 0.3) is 0 Å². The lowest BCUT2D eigenvalue weighted by Gasteiger charge is -2.39. The zero-order valence-corrected chi connectivity index (χ0v) is 9.89. The van der Waals surface area contributed by atoms with Crippen LogP contribution >= 0.6 is 0 Å². The highest BCUT2D eigenvalue weighted by atomic mass is 19.1. The topological polar surface area (TPSA) is 24.1 Å². The summed E-state index contributed by atoms with van der Waals surface area (Å²) in [6.07, 6.45) is 0.520. The third-order valence-corrected chi connectivity index (χ3v) is 4.02. The van der Waals surface area contributed by atoms with Crippen LogP contribution in [0.2, 0.25) is 0 Å². The number of rotatable bonds is 2. The van der Waals surface area contributed by atoms with Gasteiger partial charge in [-0.1, -0.05) is 13.3 Å². The third-order valence-electron chi connectivity index (χ3n) is 4.02. The summed E-state index contributed by atoms with van der Waals surface area (Å²) in [6.45, 7) is 4.08. The largest absolute Gasteiger partial charge is 0.301 e. The summed E-state index contributed by atoms with van der Waals surface area (Å²) >= 11 is 0. The van der Waals surface area contributed by atoms with Crippen molar-refractivity contribution >= 4 is 0 Å². The lowest BCUT2D eigenvalue weighted by atomic mass is 9.83. The molecule has 0 amide bonds. The Labute approximate surface area is 96.2 Å². The molecule has 0 aromatic heterocycles. The van der Waals surface area contributed by atoms with Crippen LogP contribution < -0.4 is 10.6 Å². The molecule has 1 aliphatic heterocycles. The first-order valence-electron chi connectivity index (χ1n) is 6.45. The Balaban J connectivity index is 1.84. The predicted molar refractivity (Wildman–Crippen MR) is 60.7 cm³/mol. The van der Waals surface area contributed by atoms with Crippen LogP contribution in [0.3, 0.4) is 0 Å². The summed E-state index contributed by atoms with van der Waals surface area (Å²) in [7, 11) is 0. The van der Waals surface area contributed by atoms with Gasteiger partial charge >= 0.3 is 0 Å². The molecule has 2 aliphatic rings. The molecule has 2 N–H and O–H groups in total. The average molecular weight is 232 g/mol. The van der Waals surface area contributed by atoms with Gasteiger partial charge < -0.3 is 10.6 Å². The molecule has 94 valence electrons. The maximum atomic E-state index is 13.7. The number of hydrogen-bond acceptors (Lipinski definition) is 2. The first-order chi connectivity index (χ1) is 7.70. The second-order valence-electron chi connectivity index (χ2n) is 5.16. The van der Waals surface area contributed by atoms with Crippen LogP contribution in [0, 0.1) is 11.8 Å². The fourth-order valence-corrected chi connectivity index (χ4v) is 2.79. The second-order valence-corrected chi connectivity index (χ2v) is 5.16. The Hall–Kier alpha value is -0.220. The van der Waals surface area contributed by atoms with Gasteiger partial charge in [-0.15, -0.1) is 0 Å². The van der Waals surface area contributed by atoms with Crippen molar-refractivity contribution in [3.05, 3.63) is 0 Å². The van der Waals surface area contributed by atoms with E-state index in [0.717, 1.165) is 19.5 Å². The van der Waals surface area contributed by atoms with Crippen LogP contribution in [-0.4, -0.2) is 31.6 Å². The molecule has 0 radical (unpaired) electrons. The summed E-state index contributed by atoms with van der Waals surface area (Å²) in [5.41, 5.74) is 0. The lowest BCUT2D eigenvalue weighted by Crippen LogP contribution is -2.58. The van der Waals surface area contributed by atoms with E-state index in [1.54, 1.807) is 0 Å². The summed E-state index contributed by atoms with van der Waals surface area (Å²) < 4.78 is 26.8. The van der Waals surface area contributed by atoms with E-state index in [-0.39, 0.29) is 18.5 Å². The van der Waals surface area contributed by atoms with Gasteiger partial charge in [-0.2, -0.15) is 0 Å². The van der Waals surface area contributed by atoms with Crippen LogP contribution in [0.5, 0.6) is 0 Å². The van der Waals surface area contributed by atoms with Crippen molar-refractivity contribution in [2.24, 2.45) is 11.8 Å². The number of halogens is 2. The van der Waals surface area contributed by atoms with Crippen molar-refractivity contribution in [2.45, 2.75) is 51.1 Å². The average Bonchev–Trinajstić information content (AvgIpc) is 2.29. The van der Waals surface area contributed by atoms with Gasteiger partial charge in [0, 0.05) is 25.4 Å². The molecule has 0 aromatic carbocycles. The van der Waals surface area contributed by atoms with Crippen molar-refractivity contribution < 1.29 is 8.78 Å². The Kier molecular flexibility index (Phi) is 4.14. The van der Waals surface area contributed by atoms with E-state index < -0.39 is 12.3 Å². The SMILES string of the molecule is CCC1CNC(C2CCC(F)CC2F)NC1. The van der Waals surface area contributed by atoms with E-state index in [0.29, 0.717) is 18.8 Å². The fraction of sp³-hybridized carbons (Fsp3) is 1.00. The summed E-state index contributed by atoms with van der Waals surface area (Å²) in [5.74, 6) is 0.594. The second kappa shape index (κ2) is 5.41. The quantitative estimate of drug-likeness (QED) is 0.761. The highest BCUT2D eigenvalue weighted by Crippen LogP contribution is 2.31. The maximum Gasteiger partial charge on any atom is 0.108 e. The Morgan fingerprint density at radius 3 is 2.38 bits per heavy atom. The summed E-state index contributed by atoms with van der Waals surface area (Å²) in [6, 6.07) is 0. The van der Waals surface area contributed by atoms with Crippen LogP contribution in [0.15, 0.2) is 0 Å². The minimum atomic E-state index is -0.994. The van der Waals surface area contributed by atoms with Crippen LogP contribution in [0.1, 0.15) is 32.6 Å². The molecule has 2 nitrogen and oxygen atoms in total. The monoisotopic (exact) mass is 232 g/mol. The minimum Gasteiger partial charge on any atom is -0.301 e. The molecular formula is C12H22F2N2. The van der Waals surface area contributed by atoms with Crippen molar-refractivity contribution in [2.75, 3.05) is 13.1 Å². The molecule has 2 fully saturated rings. The van der Waals surface area contributed by atoms with Gasteiger partial charge in [-0.3, -0.25) is 0 Å². The first kappa shape index (κ1) is 12.2. The van der Waals surface area contributed by atoms with Crippen molar-refractivity contribution in [3.63, 3.8) is 0 Å². The van der Waals surface area contributed by atoms with Gasteiger partial charge in [0.05, 0.1) is 6.17 Å². The van der Waals surface area contributed by atoms with Gasteiger partial charge in [0.25, 0.3) is 0 Å². The lowest BCUT2D eigenvalue weighted by molar-refractivity contribution is 0.0590. The molecule has 4 heteroatoms. The zero-order chi connectivity index (χ0) is 11.5. The van der Waals surface area contributed by atoms with Crippen LogP contribution in [-0.2, 0) is 0 Å². The van der Waals surface area contributed by atoms with E-state index in [2.05, 4.69) is 17.6 Å². The number of alkyl halides is 2. The van der Waals surface area contributed by atoms with Crippen molar-refractivity contribution in [3.8, 4) is 0 Å². The molecule has 1 saturated carbocycles. The molecule has 1 saturated heterocycles. The van der Waals surface area contributed by atoms with E-state index in [9.17, 15) is 8.78 Å². The van der Waals surface area contributed by atoms with E-state index in [1.165, 1.54) is 0 Å². The smallest absolute Gasteiger partial charge is 0.108 e. The Morgan fingerprint density at radius 1 is 1.12 bits per heavy atom. The molecular weight excluding hydrogens is 210 g/mol. The molecule has 3 atom stereocenters. The van der Waals surface area contributed by atoms with Crippen molar-refractivity contribution in [1.29, 1.82) is 0 Å².